The van der Waals surface area contributed by atoms with E-state index >= 15 is 0 Å². The maximum Gasteiger partial charge on any atom is 0.212 e. The number of aliphatic imine (C=N–C) groups is 1. The van der Waals surface area contributed by atoms with E-state index in [0.717, 1.165) is 44.9 Å². The Morgan fingerprint density at radius 1 is 1.10 bits per heavy atom. The molecule has 1 aliphatic carbocycles. The number of rotatable bonds is 7. The van der Waals surface area contributed by atoms with Gasteiger partial charge < -0.3 is 4.90 Å². The second kappa shape index (κ2) is 9.66. The van der Waals surface area contributed by atoms with Crippen LogP contribution in [0.3, 0.4) is 0 Å². The SMILES string of the molecule is C/C=N\C1(N(C=O)C(CCC(C)(C)C)c2ccc(C)cc2)CCC(C(C)(C)C)CC1. The number of carbonyl (C=O) groups excluding carboxylic acids is 1. The molecular weight excluding hydrogens is 368 g/mol. The van der Waals surface area contributed by atoms with Gasteiger partial charge in [0.1, 0.15) is 5.66 Å². The molecule has 1 saturated carbocycles. The van der Waals surface area contributed by atoms with Crippen LogP contribution in [0.1, 0.15) is 104 Å². The molecular formula is C27H44N2O. The zero-order chi connectivity index (χ0) is 22.6. The van der Waals surface area contributed by atoms with Crippen molar-refractivity contribution in [1.82, 2.24) is 4.90 Å². The van der Waals surface area contributed by atoms with Gasteiger partial charge in [0.2, 0.25) is 6.41 Å². The zero-order valence-corrected chi connectivity index (χ0v) is 20.7. The molecule has 168 valence electrons. The molecule has 1 unspecified atom stereocenters. The molecule has 2 rings (SSSR count). The molecule has 1 amide bonds. The molecule has 0 aliphatic heterocycles. The third-order valence-corrected chi connectivity index (χ3v) is 6.94. The maximum atomic E-state index is 12.6. The minimum Gasteiger partial charge on any atom is -0.313 e. The zero-order valence-electron chi connectivity index (χ0n) is 20.7. The van der Waals surface area contributed by atoms with Crippen LogP contribution in [0.5, 0.6) is 0 Å². The van der Waals surface area contributed by atoms with Gasteiger partial charge in [0.25, 0.3) is 0 Å². The van der Waals surface area contributed by atoms with Crippen LogP contribution >= 0.6 is 0 Å². The van der Waals surface area contributed by atoms with Gasteiger partial charge in [-0.1, -0.05) is 71.4 Å². The summed E-state index contributed by atoms with van der Waals surface area (Å²) >= 11 is 0. The molecule has 3 nitrogen and oxygen atoms in total. The Kier molecular flexibility index (Phi) is 7.93. The molecule has 3 heteroatoms. The number of benzene rings is 1. The standard InChI is InChI=1S/C27H44N2O/c1-9-28-27(18-14-23(15-19-27)26(6,7)8)29(20-30)24(16-17-25(3,4)5)22-12-10-21(2)11-13-22/h9-13,20,23-24H,14-19H2,1-8H3/b28-9-. The Bertz CT molecular complexity index is 698. The third-order valence-electron chi connectivity index (χ3n) is 6.94. The van der Waals surface area contributed by atoms with E-state index in [9.17, 15) is 4.79 Å². The Morgan fingerprint density at radius 2 is 1.67 bits per heavy atom. The summed E-state index contributed by atoms with van der Waals surface area (Å²) in [5.41, 5.74) is 2.57. The number of hydrogen-bond acceptors (Lipinski definition) is 2. The van der Waals surface area contributed by atoms with E-state index in [-0.39, 0.29) is 11.5 Å². The molecule has 1 aliphatic rings. The van der Waals surface area contributed by atoms with E-state index in [0.29, 0.717) is 11.3 Å². The molecule has 1 aromatic rings. The summed E-state index contributed by atoms with van der Waals surface area (Å²) < 4.78 is 0. The lowest BCUT2D eigenvalue weighted by Gasteiger charge is -2.49. The van der Waals surface area contributed by atoms with E-state index in [1.807, 2.05) is 13.1 Å². The average Bonchev–Trinajstić information content (AvgIpc) is 2.65. The second-order valence-corrected chi connectivity index (χ2v) is 11.5. The fraction of sp³-hybridized carbons (Fsp3) is 0.704. The lowest BCUT2D eigenvalue weighted by atomic mass is 9.69. The van der Waals surface area contributed by atoms with Crippen LogP contribution in [0, 0.1) is 23.7 Å². The average molecular weight is 413 g/mol. The maximum absolute atomic E-state index is 12.6. The lowest BCUT2D eigenvalue weighted by molar-refractivity contribution is -0.130. The Morgan fingerprint density at radius 3 is 2.10 bits per heavy atom. The van der Waals surface area contributed by atoms with Crippen LogP contribution in [-0.4, -0.2) is 23.2 Å². The van der Waals surface area contributed by atoms with Crippen LogP contribution in [0.25, 0.3) is 0 Å². The van der Waals surface area contributed by atoms with E-state index in [1.54, 1.807) is 0 Å². The molecule has 0 spiro atoms. The predicted octanol–water partition coefficient (Wildman–Crippen LogP) is 7.34. The molecule has 0 radical (unpaired) electrons. The summed E-state index contributed by atoms with van der Waals surface area (Å²) in [6, 6.07) is 8.77. The minimum atomic E-state index is -0.425. The lowest BCUT2D eigenvalue weighted by Crippen LogP contribution is -2.51. The highest BCUT2D eigenvalue weighted by Gasteiger charge is 2.44. The van der Waals surface area contributed by atoms with Gasteiger partial charge in [-0.2, -0.15) is 0 Å². The monoisotopic (exact) mass is 412 g/mol. The van der Waals surface area contributed by atoms with Crippen molar-refractivity contribution in [2.24, 2.45) is 21.7 Å². The highest BCUT2D eigenvalue weighted by atomic mass is 16.1. The van der Waals surface area contributed by atoms with Crippen LogP contribution in [0.4, 0.5) is 0 Å². The van der Waals surface area contributed by atoms with Crippen LogP contribution in [0.15, 0.2) is 29.3 Å². The largest absolute Gasteiger partial charge is 0.313 e. The first-order chi connectivity index (χ1) is 13.9. The molecule has 1 atom stereocenters. The Hall–Kier alpha value is -1.64. The summed E-state index contributed by atoms with van der Waals surface area (Å²) in [6.45, 7) is 17.9. The van der Waals surface area contributed by atoms with Crippen LogP contribution in [0.2, 0.25) is 0 Å². The molecule has 0 aromatic heterocycles. The van der Waals surface area contributed by atoms with Crippen molar-refractivity contribution < 1.29 is 4.79 Å². The molecule has 0 saturated heterocycles. The summed E-state index contributed by atoms with van der Waals surface area (Å²) in [4.78, 5) is 19.7. The fourth-order valence-corrected chi connectivity index (χ4v) is 4.93. The predicted molar refractivity (Wildman–Crippen MR) is 129 cm³/mol. The van der Waals surface area contributed by atoms with Gasteiger partial charge in [0.05, 0.1) is 6.04 Å². The van der Waals surface area contributed by atoms with Gasteiger partial charge in [-0.3, -0.25) is 9.79 Å². The molecule has 0 heterocycles. The van der Waals surface area contributed by atoms with E-state index < -0.39 is 5.66 Å². The van der Waals surface area contributed by atoms with Crippen molar-refractivity contribution in [3.8, 4) is 0 Å². The highest BCUT2D eigenvalue weighted by molar-refractivity contribution is 5.57. The van der Waals surface area contributed by atoms with Gasteiger partial charge in [0.15, 0.2) is 0 Å². The van der Waals surface area contributed by atoms with Crippen molar-refractivity contribution in [3.63, 3.8) is 0 Å². The van der Waals surface area contributed by atoms with Crippen molar-refractivity contribution in [2.45, 2.75) is 106 Å². The first-order valence-electron chi connectivity index (χ1n) is 11.7. The van der Waals surface area contributed by atoms with Gasteiger partial charge in [-0.25, -0.2) is 0 Å². The molecule has 0 bridgehead atoms. The normalized spacial score (nSPS) is 24.1. The molecule has 1 aromatic carbocycles. The van der Waals surface area contributed by atoms with E-state index in [4.69, 9.17) is 4.99 Å². The number of nitrogens with zero attached hydrogens (tertiary/aromatic N) is 2. The van der Waals surface area contributed by atoms with Gasteiger partial charge in [0, 0.05) is 0 Å². The molecule has 30 heavy (non-hydrogen) atoms. The highest BCUT2D eigenvalue weighted by Crippen LogP contribution is 2.47. The van der Waals surface area contributed by atoms with Crippen molar-refractivity contribution >= 4 is 12.6 Å². The number of hydrogen-bond donors (Lipinski definition) is 0. The summed E-state index contributed by atoms with van der Waals surface area (Å²) in [6.07, 6.45) is 9.12. The van der Waals surface area contributed by atoms with Gasteiger partial charge in [-0.15, -0.1) is 0 Å². The topological polar surface area (TPSA) is 32.7 Å². The third kappa shape index (κ3) is 6.18. The van der Waals surface area contributed by atoms with E-state index in [1.165, 1.54) is 11.1 Å². The van der Waals surface area contributed by atoms with Crippen molar-refractivity contribution in [3.05, 3.63) is 35.4 Å². The number of aryl methyl sites for hydroxylation is 1. The summed E-state index contributed by atoms with van der Waals surface area (Å²) in [5, 5.41) is 0. The Labute approximate surface area is 185 Å². The molecule has 0 N–H and O–H groups in total. The summed E-state index contributed by atoms with van der Waals surface area (Å²) in [5.74, 6) is 0.679. The van der Waals surface area contributed by atoms with Crippen molar-refractivity contribution in [2.75, 3.05) is 0 Å². The van der Waals surface area contributed by atoms with E-state index in [2.05, 4.69) is 77.6 Å². The summed E-state index contributed by atoms with van der Waals surface area (Å²) in [7, 11) is 0. The van der Waals surface area contributed by atoms with Gasteiger partial charge >= 0.3 is 0 Å². The molecule has 1 fully saturated rings. The fourth-order valence-electron chi connectivity index (χ4n) is 4.93. The number of amides is 1. The Balaban J connectivity index is 2.41. The second-order valence-electron chi connectivity index (χ2n) is 11.5. The first kappa shape index (κ1) is 24.6. The number of carbonyl (C=O) groups is 1. The smallest absolute Gasteiger partial charge is 0.212 e. The van der Waals surface area contributed by atoms with Crippen LogP contribution < -0.4 is 0 Å². The van der Waals surface area contributed by atoms with Crippen LogP contribution in [-0.2, 0) is 4.79 Å². The quantitative estimate of drug-likeness (QED) is 0.340. The first-order valence-corrected chi connectivity index (χ1v) is 11.7. The van der Waals surface area contributed by atoms with Gasteiger partial charge in [-0.05, 0) is 80.9 Å². The minimum absolute atomic E-state index is 0.0530. The van der Waals surface area contributed by atoms with Crippen molar-refractivity contribution in [1.29, 1.82) is 0 Å².